The molecule has 2 aromatic heterocycles. The van der Waals surface area contributed by atoms with Gasteiger partial charge in [0.2, 0.25) is 5.88 Å². The average molecular weight is 276 g/mol. The quantitative estimate of drug-likeness (QED) is 0.927. The maximum atomic E-state index is 11.5. The summed E-state index contributed by atoms with van der Waals surface area (Å²) in [5, 5.41) is 13.3. The molecule has 0 aliphatic heterocycles. The lowest BCUT2D eigenvalue weighted by molar-refractivity contribution is 0.0693. The number of nitrogens with zero attached hydrogens (tertiary/aromatic N) is 2. The zero-order chi connectivity index (χ0) is 14.9. The molecule has 0 spiro atoms. The van der Waals surface area contributed by atoms with Crippen LogP contribution in [0.3, 0.4) is 0 Å². The Balaban J connectivity index is 2.56. The van der Waals surface area contributed by atoms with Crippen LogP contribution < -0.4 is 4.74 Å². The van der Waals surface area contributed by atoms with Crippen LogP contribution >= 0.6 is 0 Å². The lowest BCUT2D eigenvalue weighted by Crippen LogP contribution is -2.15. The highest BCUT2D eigenvalue weighted by atomic mass is 16.5. The van der Waals surface area contributed by atoms with Crippen LogP contribution in [0.15, 0.2) is 22.9 Å². The summed E-state index contributed by atoms with van der Waals surface area (Å²) in [5.41, 5.74) is 0.475. The van der Waals surface area contributed by atoms with Crippen LogP contribution in [-0.2, 0) is 5.41 Å². The summed E-state index contributed by atoms with van der Waals surface area (Å²) in [5.74, 6) is -0.275. The van der Waals surface area contributed by atoms with Gasteiger partial charge in [0, 0.05) is 23.2 Å². The molecule has 0 aliphatic carbocycles. The number of aromatic nitrogens is 2. The number of methoxy groups -OCH3 is 1. The van der Waals surface area contributed by atoms with Crippen molar-refractivity contribution in [3.8, 4) is 17.1 Å². The van der Waals surface area contributed by atoms with E-state index in [1.165, 1.54) is 13.3 Å². The highest BCUT2D eigenvalue weighted by molar-refractivity contribution is 5.96. The minimum Gasteiger partial charge on any atom is -0.481 e. The lowest BCUT2D eigenvalue weighted by atomic mass is 9.89. The second kappa shape index (κ2) is 4.96. The van der Waals surface area contributed by atoms with Crippen LogP contribution in [0.2, 0.25) is 0 Å². The monoisotopic (exact) mass is 276 g/mol. The van der Waals surface area contributed by atoms with E-state index in [4.69, 9.17) is 9.26 Å². The van der Waals surface area contributed by atoms with Gasteiger partial charge < -0.3 is 14.4 Å². The van der Waals surface area contributed by atoms with E-state index in [1.54, 1.807) is 12.1 Å². The fourth-order valence-corrected chi connectivity index (χ4v) is 1.84. The second-order valence-corrected chi connectivity index (χ2v) is 5.38. The van der Waals surface area contributed by atoms with Crippen molar-refractivity contribution in [3.05, 3.63) is 29.7 Å². The van der Waals surface area contributed by atoms with Gasteiger partial charge in [-0.1, -0.05) is 25.9 Å². The average Bonchev–Trinajstić information content (AvgIpc) is 2.83. The Hall–Kier alpha value is -2.37. The van der Waals surface area contributed by atoms with Gasteiger partial charge in [-0.25, -0.2) is 9.78 Å². The van der Waals surface area contributed by atoms with Crippen molar-refractivity contribution >= 4 is 5.97 Å². The van der Waals surface area contributed by atoms with Crippen molar-refractivity contribution in [2.24, 2.45) is 0 Å². The van der Waals surface area contributed by atoms with Crippen molar-refractivity contribution in [3.63, 3.8) is 0 Å². The molecule has 0 fully saturated rings. The van der Waals surface area contributed by atoms with E-state index < -0.39 is 11.4 Å². The number of ether oxygens (including phenoxy) is 1. The molecule has 0 atom stereocenters. The van der Waals surface area contributed by atoms with Gasteiger partial charge in [0.1, 0.15) is 11.3 Å². The Labute approximate surface area is 116 Å². The number of carboxylic acid groups (broad SMARTS) is 1. The van der Waals surface area contributed by atoms with E-state index >= 15 is 0 Å². The second-order valence-electron chi connectivity index (χ2n) is 5.38. The SMILES string of the molecule is COc1ccc(-c2noc(C(C)(C)C)c2C(=O)O)cn1. The van der Waals surface area contributed by atoms with Gasteiger partial charge in [0.15, 0.2) is 5.76 Å². The van der Waals surface area contributed by atoms with Crippen molar-refractivity contribution in [2.45, 2.75) is 26.2 Å². The number of carbonyl (C=O) groups is 1. The number of pyridine rings is 1. The minimum atomic E-state index is -1.07. The van der Waals surface area contributed by atoms with E-state index in [9.17, 15) is 9.90 Å². The summed E-state index contributed by atoms with van der Waals surface area (Å²) in [6, 6.07) is 3.34. The molecule has 106 valence electrons. The summed E-state index contributed by atoms with van der Waals surface area (Å²) in [6.07, 6.45) is 1.51. The predicted molar refractivity (Wildman–Crippen MR) is 71.9 cm³/mol. The summed E-state index contributed by atoms with van der Waals surface area (Å²) in [4.78, 5) is 15.6. The molecule has 6 nitrogen and oxygen atoms in total. The van der Waals surface area contributed by atoms with Gasteiger partial charge in [0.05, 0.1) is 7.11 Å². The summed E-state index contributed by atoms with van der Waals surface area (Å²) < 4.78 is 10.2. The zero-order valence-electron chi connectivity index (χ0n) is 11.8. The van der Waals surface area contributed by atoms with Crippen molar-refractivity contribution in [2.75, 3.05) is 7.11 Å². The normalized spacial score (nSPS) is 11.4. The number of rotatable bonds is 3. The summed E-state index contributed by atoms with van der Waals surface area (Å²) >= 11 is 0. The van der Waals surface area contributed by atoms with E-state index in [1.807, 2.05) is 20.8 Å². The van der Waals surface area contributed by atoms with E-state index in [2.05, 4.69) is 10.1 Å². The number of hydrogen-bond donors (Lipinski definition) is 1. The van der Waals surface area contributed by atoms with Crippen molar-refractivity contribution in [1.29, 1.82) is 0 Å². The molecule has 0 saturated heterocycles. The first-order valence-corrected chi connectivity index (χ1v) is 6.08. The lowest BCUT2D eigenvalue weighted by Gasteiger charge is -2.14. The molecule has 2 aromatic rings. The standard InChI is InChI=1S/C14H16N2O4/c1-14(2,3)12-10(13(17)18)11(16-20-12)8-5-6-9(19-4)15-7-8/h5-7H,1-4H3,(H,17,18). The van der Waals surface area contributed by atoms with Gasteiger partial charge in [-0.05, 0) is 6.07 Å². The van der Waals surface area contributed by atoms with Crippen LogP contribution in [0.5, 0.6) is 5.88 Å². The summed E-state index contributed by atoms with van der Waals surface area (Å²) in [7, 11) is 1.51. The molecule has 0 amide bonds. The summed E-state index contributed by atoms with van der Waals surface area (Å²) in [6.45, 7) is 5.61. The first-order valence-electron chi connectivity index (χ1n) is 6.08. The maximum absolute atomic E-state index is 11.5. The smallest absolute Gasteiger partial charge is 0.341 e. The van der Waals surface area contributed by atoms with Gasteiger partial charge in [-0.2, -0.15) is 0 Å². The van der Waals surface area contributed by atoms with Gasteiger partial charge in [-0.3, -0.25) is 0 Å². The van der Waals surface area contributed by atoms with Gasteiger partial charge >= 0.3 is 5.97 Å². The molecular formula is C14H16N2O4. The minimum absolute atomic E-state index is 0.0736. The molecular weight excluding hydrogens is 260 g/mol. The third-order valence-electron chi connectivity index (χ3n) is 2.81. The molecule has 20 heavy (non-hydrogen) atoms. The highest BCUT2D eigenvalue weighted by Gasteiger charge is 2.31. The van der Waals surface area contributed by atoms with E-state index in [0.29, 0.717) is 17.2 Å². The van der Waals surface area contributed by atoms with Crippen LogP contribution in [0.25, 0.3) is 11.3 Å². The predicted octanol–water partition coefficient (Wildman–Crippen LogP) is 2.74. The molecule has 2 rings (SSSR count). The van der Waals surface area contributed by atoms with Crippen LogP contribution in [0.1, 0.15) is 36.9 Å². The van der Waals surface area contributed by atoms with E-state index in [-0.39, 0.29) is 11.3 Å². The van der Waals surface area contributed by atoms with Gasteiger partial charge in [-0.15, -0.1) is 0 Å². The molecule has 0 bridgehead atoms. The fraction of sp³-hybridized carbons (Fsp3) is 0.357. The Morgan fingerprint density at radius 2 is 2.05 bits per heavy atom. The Morgan fingerprint density at radius 1 is 1.35 bits per heavy atom. The first kappa shape index (κ1) is 14.0. The van der Waals surface area contributed by atoms with Crippen LogP contribution in [-0.4, -0.2) is 28.3 Å². The third-order valence-corrected chi connectivity index (χ3v) is 2.81. The Morgan fingerprint density at radius 3 is 2.50 bits per heavy atom. The molecule has 2 heterocycles. The largest absolute Gasteiger partial charge is 0.481 e. The molecule has 0 radical (unpaired) electrons. The molecule has 0 unspecified atom stereocenters. The number of aromatic carboxylic acids is 1. The molecule has 1 N–H and O–H groups in total. The van der Waals surface area contributed by atoms with Crippen LogP contribution in [0, 0.1) is 0 Å². The Kier molecular flexibility index (Phi) is 3.48. The van der Waals surface area contributed by atoms with Gasteiger partial charge in [0.25, 0.3) is 0 Å². The Bertz CT molecular complexity index is 624. The fourth-order valence-electron chi connectivity index (χ4n) is 1.84. The maximum Gasteiger partial charge on any atom is 0.341 e. The molecule has 0 aliphatic rings. The van der Waals surface area contributed by atoms with E-state index in [0.717, 1.165) is 0 Å². The first-order chi connectivity index (χ1) is 9.34. The topological polar surface area (TPSA) is 85.5 Å². The molecule has 0 saturated carbocycles. The highest BCUT2D eigenvalue weighted by Crippen LogP contribution is 2.33. The van der Waals surface area contributed by atoms with Crippen molar-refractivity contribution < 1.29 is 19.2 Å². The van der Waals surface area contributed by atoms with Crippen LogP contribution in [0.4, 0.5) is 0 Å². The number of hydrogen-bond acceptors (Lipinski definition) is 5. The zero-order valence-corrected chi connectivity index (χ0v) is 11.8. The van der Waals surface area contributed by atoms with Crippen molar-refractivity contribution in [1.82, 2.24) is 10.1 Å². The molecule has 0 aromatic carbocycles. The molecule has 6 heteroatoms. The number of carboxylic acids is 1. The third kappa shape index (κ3) is 2.49.